The van der Waals surface area contributed by atoms with Crippen molar-refractivity contribution in [3.05, 3.63) is 38.5 Å². The molecule has 0 atom stereocenters. The van der Waals surface area contributed by atoms with Crippen LogP contribution in [0.4, 0.5) is 0 Å². The molecule has 1 aromatic carbocycles. The van der Waals surface area contributed by atoms with Crippen molar-refractivity contribution in [3.8, 4) is 5.75 Å². The fourth-order valence-electron chi connectivity index (χ4n) is 0.982. The summed E-state index contributed by atoms with van der Waals surface area (Å²) in [5, 5.41) is 0. The number of hydrogen-bond donors (Lipinski definition) is 0. The minimum absolute atomic E-state index is 0.106. The van der Waals surface area contributed by atoms with Crippen molar-refractivity contribution in [2.24, 2.45) is 0 Å². The van der Waals surface area contributed by atoms with Crippen molar-refractivity contribution in [2.75, 3.05) is 7.11 Å². The highest BCUT2D eigenvalue weighted by atomic mass is 79.9. The van der Waals surface area contributed by atoms with Crippen LogP contribution in [0.5, 0.6) is 5.75 Å². The molecule has 1 aromatic rings. The van der Waals surface area contributed by atoms with E-state index in [9.17, 15) is 9.59 Å². The van der Waals surface area contributed by atoms with Crippen LogP contribution < -0.4 is 10.2 Å². The first-order valence-corrected chi connectivity index (χ1v) is 4.74. The number of hydrogen-bond acceptors (Lipinski definition) is 3. The number of ether oxygens (including phenoxy) is 1. The molecule has 0 radical (unpaired) electrons. The van der Waals surface area contributed by atoms with Gasteiger partial charge in [-0.2, -0.15) is 0 Å². The molecule has 0 aliphatic carbocycles. The van der Waals surface area contributed by atoms with Crippen LogP contribution >= 0.6 is 15.9 Å². The van der Waals surface area contributed by atoms with Gasteiger partial charge < -0.3 is 4.74 Å². The third-order valence-corrected chi connectivity index (χ3v) is 2.39. The molecule has 0 unspecified atom stereocenters. The van der Waals surface area contributed by atoms with Crippen molar-refractivity contribution < 1.29 is 9.53 Å². The van der Waals surface area contributed by atoms with Gasteiger partial charge in [-0.15, -0.1) is 0 Å². The van der Waals surface area contributed by atoms with Gasteiger partial charge in [0.05, 0.1) is 11.6 Å². The zero-order valence-electron chi connectivity index (χ0n) is 7.83. The second kappa shape index (κ2) is 4.37. The number of halogens is 1. The summed E-state index contributed by atoms with van der Waals surface area (Å²) in [7, 11) is 1.40. The predicted octanol–water partition coefficient (Wildman–Crippen LogP) is 2.02. The molecule has 0 amide bonds. The summed E-state index contributed by atoms with van der Waals surface area (Å²) in [5.74, 6) is 0.0536. The first-order chi connectivity index (χ1) is 6.56. The molecule has 1 rings (SSSR count). The lowest BCUT2D eigenvalue weighted by molar-refractivity contribution is 0.101. The van der Waals surface area contributed by atoms with Crippen molar-refractivity contribution in [1.82, 2.24) is 0 Å². The van der Waals surface area contributed by atoms with Gasteiger partial charge in [0.15, 0.2) is 11.5 Å². The molecule has 74 valence electrons. The Morgan fingerprint density at radius 3 is 2.57 bits per heavy atom. The fourth-order valence-corrected chi connectivity index (χ4v) is 1.31. The number of carbonyl (C=O) groups is 1. The van der Waals surface area contributed by atoms with E-state index in [-0.39, 0.29) is 17.0 Å². The van der Waals surface area contributed by atoms with Crippen molar-refractivity contribution in [3.63, 3.8) is 0 Å². The number of ketones is 1. The van der Waals surface area contributed by atoms with E-state index in [0.717, 1.165) is 0 Å². The maximum absolute atomic E-state index is 11.5. The second-order valence-electron chi connectivity index (χ2n) is 2.73. The Kier molecular flexibility index (Phi) is 3.41. The average Bonchev–Trinajstić information content (AvgIpc) is 2.28. The Morgan fingerprint density at radius 2 is 2.07 bits per heavy atom. The monoisotopic (exact) mass is 256 g/mol. The van der Waals surface area contributed by atoms with E-state index in [1.807, 2.05) is 0 Å². The Balaban J connectivity index is 3.52. The van der Waals surface area contributed by atoms with Gasteiger partial charge in [-0.25, -0.2) is 0 Å². The summed E-state index contributed by atoms with van der Waals surface area (Å²) in [6.45, 7) is 1.44. The van der Waals surface area contributed by atoms with Crippen LogP contribution in [0.25, 0.3) is 0 Å². The zero-order chi connectivity index (χ0) is 10.7. The van der Waals surface area contributed by atoms with E-state index in [2.05, 4.69) is 15.9 Å². The van der Waals surface area contributed by atoms with Crippen LogP contribution in [-0.2, 0) is 0 Å². The molecule has 0 fully saturated rings. The third kappa shape index (κ3) is 2.20. The van der Waals surface area contributed by atoms with E-state index in [4.69, 9.17) is 4.74 Å². The Morgan fingerprint density at radius 1 is 1.43 bits per heavy atom. The van der Waals surface area contributed by atoms with Gasteiger partial charge >= 0.3 is 0 Å². The number of methoxy groups -OCH3 is 1. The Labute approximate surface area is 89.8 Å². The molecule has 0 heterocycles. The minimum atomic E-state index is -0.264. The van der Waals surface area contributed by atoms with Crippen LogP contribution in [0.2, 0.25) is 0 Å². The summed E-state index contributed by atoms with van der Waals surface area (Å²) >= 11 is 3.10. The maximum atomic E-state index is 11.5. The van der Waals surface area contributed by atoms with E-state index in [0.29, 0.717) is 10.0 Å². The topological polar surface area (TPSA) is 43.4 Å². The fraction of sp³-hybridized carbons (Fsp3) is 0.200. The lowest BCUT2D eigenvalue weighted by Crippen LogP contribution is -2.02. The highest BCUT2D eigenvalue weighted by Crippen LogP contribution is 2.12. The molecular weight excluding hydrogens is 248 g/mol. The number of carbonyl (C=O) groups excluding carboxylic acids is 1. The van der Waals surface area contributed by atoms with Gasteiger partial charge in [0, 0.05) is 5.56 Å². The van der Waals surface area contributed by atoms with Crippen LogP contribution in [0.1, 0.15) is 17.3 Å². The van der Waals surface area contributed by atoms with Gasteiger partial charge in [0.25, 0.3) is 0 Å². The molecule has 0 aromatic heterocycles. The van der Waals surface area contributed by atoms with E-state index < -0.39 is 0 Å². The largest absolute Gasteiger partial charge is 0.493 e. The van der Waals surface area contributed by atoms with Crippen molar-refractivity contribution in [1.29, 1.82) is 0 Å². The van der Waals surface area contributed by atoms with Gasteiger partial charge in [-0.05, 0) is 35.0 Å². The smallest absolute Gasteiger partial charge is 0.234 e. The van der Waals surface area contributed by atoms with Crippen LogP contribution in [0, 0.1) is 0 Å². The Hall–Kier alpha value is -1.16. The highest BCUT2D eigenvalue weighted by Gasteiger charge is 2.05. The Bertz CT molecular complexity index is 426. The number of Topliss-reactive ketones (excluding diaryl/α,β-unsaturated/α-hetero) is 1. The summed E-state index contributed by atoms with van der Waals surface area (Å²) in [5.41, 5.74) is 0.185. The van der Waals surface area contributed by atoms with Gasteiger partial charge in [-0.3, -0.25) is 9.59 Å². The second-order valence-corrected chi connectivity index (χ2v) is 3.59. The van der Waals surface area contributed by atoms with E-state index >= 15 is 0 Å². The summed E-state index contributed by atoms with van der Waals surface area (Å²) in [6.07, 6.45) is 0. The predicted molar refractivity (Wildman–Crippen MR) is 57.0 cm³/mol. The third-order valence-electron chi connectivity index (χ3n) is 1.76. The number of rotatable bonds is 2. The van der Waals surface area contributed by atoms with Crippen LogP contribution in [0.15, 0.2) is 27.5 Å². The summed E-state index contributed by atoms with van der Waals surface area (Å²) in [6, 6.07) is 4.56. The quantitative estimate of drug-likeness (QED) is 0.761. The molecule has 0 spiro atoms. The SMILES string of the molecule is COc1cc(C(C)=O)ccc(Br)c1=O. The molecule has 0 saturated heterocycles. The van der Waals surface area contributed by atoms with Crippen LogP contribution in [-0.4, -0.2) is 12.9 Å². The van der Waals surface area contributed by atoms with Gasteiger partial charge in [0.1, 0.15) is 0 Å². The summed E-state index contributed by atoms with van der Waals surface area (Å²) in [4.78, 5) is 22.6. The first kappa shape index (κ1) is 10.9. The molecular formula is C10H9BrO3. The van der Waals surface area contributed by atoms with Gasteiger partial charge in [-0.1, -0.05) is 6.07 Å². The standard InChI is InChI=1S/C10H9BrO3/c1-6(12)7-3-4-8(11)10(13)9(5-7)14-2/h3-5H,1-2H3. The molecule has 0 aliphatic heterocycles. The molecule has 0 N–H and O–H groups in total. The van der Waals surface area contributed by atoms with Crippen molar-refractivity contribution in [2.45, 2.75) is 6.92 Å². The minimum Gasteiger partial charge on any atom is -0.493 e. The van der Waals surface area contributed by atoms with Crippen LogP contribution in [0.3, 0.4) is 0 Å². The van der Waals surface area contributed by atoms with Crippen molar-refractivity contribution >= 4 is 21.7 Å². The first-order valence-electron chi connectivity index (χ1n) is 3.95. The average molecular weight is 257 g/mol. The highest BCUT2D eigenvalue weighted by molar-refractivity contribution is 9.10. The molecule has 0 bridgehead atoms. The van der Waals surface area contributed by atoms with Gasteiger partial charge in [0.2, 0.25) is 5.43 Å². The lowest BCUT2D eigenvalue weighted by Gasteiger charge is -1.94. The molecule has 14 heavy (non-hydrogen) atoms. The molecule has 4 heteroatoms. The normalized spacial score (nSPS) is 9.64. The zero-order valence-corrected chi connectivity index (χ0v) is 9.42. The lowest BCUT2D eigenvalue weighted by atomic mass is 10.2. The summed E-state index contributed by atoms with van der Waals surface area (Å²) < 4.78 is 5.26. The maximum Gasteiger partial charge on any atom is 0.234 e. The molecule has 3 nitrogen and oxygen atoms in total. The molecule has 0 aliphatic rings. The van der Waals surface area contributed by atoms with E-state index in [1.165, 1.54) is 20.1 Å². The molecule has 0 saturated carbocycles. The van der Waals surface area contributed by atoms with E-state index in [1.54, 1.807) is 12.1 Å².